The molecule has 0 radical (unpaired) electrons. The zero-order valence-corrected chi connectivity index (χ0v) is 9.38. The number of nitrogens with zero attached hydrogens (tertiary/aromatic N) is 1. The topological polar surface area (TPSA) is 80.0 Å². The minimum atomic E-state index is 0.0743. The van der Waals surface area contributed by atoms with Crippen LogP contribution in [-0.2, 0) is 4.79 Å². The highest BCUT2D eigenvalue weighted by molar-refractivity contribution is 7.80. The van der Waals surface area contributed by atoms with Crippen LogP contribution in [0.2, 0.25) is 0 Å². The van der Waals surface area contributed by atoms with Gasteiger partial charge in [-0.3, -0.25) is 9.78 Å². The molecule has 1 fully saturated rings. The van der Waals surface area contributed by atoms with Gasteiger partial charge in [0.15, 0.2) is 0 Å². The maximum absolute atomic E-state index is 11.0. The van der Waals surface area contributed by atoms with E-state index in [-0.39, 0.29) is 16.9 Å². The van der Waals surface area contributed by atoms with Crippen molar-refractivity contribution in [1.82, 2.24) is 10.3 Å². The first kappa shape index (κ1) is 10.8. The number of rotatable bonds is 3. The van der Waals surface area contributed by atoms with Crippen LogP contribution >= 0.6 is 12.2 Å². The summed E-state index contributed by atoms with van der Waals surface area (Å²) in [6.45, 7) is 0.649. The monoisotopic (exact) mass is 236 g/mol. The number of nitrogens with one attached hydrogen (secondary N) is 2. The molecule has 1 aliphatic heterocycles. The van der Waals surface area contributed by atoms with E-state index in [4.69, 9.17) is 18.0 Å². The third-order valence-electron chi connectivity index (χ3n) is 2.36. The SMILES string of the molecule is NC(=S)c1ccc(NC2CNC(=O)C2)cn1. The van der Waals surface area contributed by atoms with Crippen LogP contribution in [0.15, 0.2) is 18.3 Å². The number of aromatic nitrogens is 1. The minimum absolute atomic E-state index is 0.0743. The Morgan fingerprint density at radius 3 is 2.94 bits per heavy atom. The van der Waals surface area contributed by atoms with Crippen molar-refractivity contribution in [1.29, 1.82) is 0 Å². The molecule has 5 nitrogen and oxygen atoms in total. The summed E-state index contributed by atoms with van der Waals surface area (Å²) in [5, 5.41) is 5.96. The van der Waals surface area contributed by atoms with Crippen LogP contribution in [-0.4, -0.2) is 28.5 Å². The van der Waals surface area contributed by atoms with Gasteiger partial charge in [0.2, 0.25) is 5.91 Å². The predicted molar refractivity (Wildman–Crippen MR) is 65.2 cm³/mol. The van der Waals surface area contributed by atoms with Crippen LogP contribution in [0.1, 0.15) is 12.1 Å². The van der Waals surface area contributed by atoms with E-state index in [9.17, 15) is 4.79 Å². The summed E-state index contributed by atoms with van der Waals surface area (Å²) in [6.07, 6.45) is 2.16. The molecule has 1 aliphatic rings. The second-order valence-corrected chi connectivity index (χ2v) is 4.09. The first-order valence-electron chi connectivity index (χ1n) is 4.94. The van der Waals surface area contributed by atoms with Crippen molar-refractivity contribution >= 4 is 28.8 Å². The third kappa shape index (κ3) is 2.46. The van der Waals surface area contributed by atoms with Gasteiger partial charge >= 0.3 is 0 Å². The molecule has 4 N–H and O–H groups in total. The molecular formula is C10H12N4OS. The number of thiocarbonyl (C=S) groups is 1. The Balaban J connectivity index is 2.00. The second-order valence-electron chi connectivity index (χ2n) is 3.65. The average Bonchev–Trinajstić information content (AvgIpc) is 2.65. The highest BCUT2D eigenvalue weighted by Gasteiger charge is 2.20. The van der Waals surface area contributed by atoms with Crippen LogP contribution in [0, 0.1) is 0 Å². The van der Waals surface area contributed by atoms with Crippen LogP contribution < -0.4 is 16.4 Å². The van der Waals surface area contributed by atoms with Gasteiger partial charge < -0.3 is 16.4 Å². The number of hydrogen-bond acceptors (Lipinski definition) is 4. The normalized spacial score (nSPS) is 19.2. The maximum atomic E-state index is 11.0. The number of carbonyl (C=O) groups is 1. The van der Waals surface area contributed by atoms with Gasteiger partial charge in [-0.05, 0) is 12.1 Å². The van der Waals surface area contributed by atoms with E-state index >= 15 is 0 Å². The van der Waals surface area contributed by atoms with E-state index < -0.39 is 0 Å². The average molecular weight is 236 g/mol. The van der Waals surface area contributed by atoms with Crippen LogP contribution in [0.4, 0.5) is 5.69 Å². The van der Waals surface area contributed by atoms with Gasteiger partial charge in [-0.2, -0.15) is 0 Å². The summed E-state index contributed by atoms with van der Waals surface area (Å²) in [5.41, 5.74) is 6.90. The van der Waals surface area contributed by atoms with Crippen molar-refractivity contribution in [3.8, 4) is 0 Å². The first-order chi connectivity index (χ1) is 7.65. The van der Waals surface area contributed by atoms with Crippen molar-refractivity contribution in [2.75, 3.05) is 11.9 Å². The van der Waals surface area contributed by atoms with E-state index in [0.29, 0.717) is 18.7 Å². The van der Waals surface area contributed by atoms with Crippen molar-refractivity contribution in [3.63, 3.8) is 0 Å². The van der Waals surface area contributed by atoms with Gasteiger partial charge in [0.05, 0.1) is 23.6 Å². The number of amides is 1. The molecule has 2 rings (SSSR count). The Labute approximate surface area is 98.4 Å². The molecule has 1 amide bonds. The zero-order chi connectivity index (χ0) is 11.5. The molecule has 1 saturated heterocycles. The van der Waals surface area contributed by atoms with Crippen molar-refractivity contribution in [2.24, 2.45) is 5.73 Å². The fraction of sp³-hybridized carbons (Fsp3) is 0.300. The molecule has 0 saturated carbocycles. The van der Waals surface area contributed by atoms with Gasteiger partial charge in [0, 0.05) is 13.0 Å². The van der Waals surface area contributed by atoms with Crippen LogP contribution in [0.5, 0.6) is 0 Å². The molecule has 1 aromatic heterocycles. The van der Waals surface area contributed by atoms with Gasteiger partial charge in [-0.25, -0.2) is 0 Å². The lowest BCUT2D eigenvalue weighted by Gasteiger charge is -2.11. The van der Waals surface area contributed by atoms with E-state index in [2.05, 4.69) is 15.6 Å². The second kappa shape index (κ2) is 4.44. The Hall–Kier alpha value is -1.69. The number of pyridine rings is 1. The summed E-state index contributed by atoms with van der Waals surface area (Å²) in [5.74, 6) is 0.0743. The lowest BCUT2D eigenvalue weighted by Crippen LogP contribution is -2.22. The van der Waals surface area contributed by atoms with Gasteiger partial charge in [0.1, 0.15) is 4.99 Å². The van der Waals surface area contributed by atoms with E-state index in [1.165, 1.54) is 0 Å². The van der Waals surface area contributed by atoms with Gasteiger partial charge in [0.25, 0.3) is 0 Å². The summed E-state index contributed by atoms with van der Waals surface area (Å²) in [6, 6.07) is 3.74. The Morgan fingerprint density at radius 1 is 1.62 bits per heavy atom. The Bertz CT molecular complexity index is 417. The summed E-state index contributed by atoms with van der Waals surface area (Å²) < 4.78 is 0. The smallest absolute Gasteiger partial charge is 0.222 e. The third-order valence-corrected chi connectivity index (χ3v) is 2.57. The molecular weight excluding hydrogens is 224 g/mol. The van der Waals surface area contributed by atoms with E-state index in [0.717, 1.165) is 5.69 Å². The highest BCUT2D eigenvalue weighted by Crippen LogP contribution is 2.11. The van der Waals surface area contributed by atoms with Crippen molar-refractivity contribution < 1.29 is 4.79 Å². The summed E-state index contributed by atoms with van der Waals surface area (Å²) in [4.78, 5) is 15.4. The molecule has 0 aromatic carbocycles. The molecule has 1 unspecified atom stereocenters. The zero-order valence-electron chi connectivity index (χ0n) is 8.56. The molecule has 1 aromatic rings. The van der Waals surface area contributed by atoms with Gasteiger partial charge in [-0.1, -0.05) is 12.2 Å². The van der Waals surface area contributed by atoms with Crippen LogP contribution in [0.25, 0.3) is 0 Å². The number of hydrogen-bond donors (Lipinski definition) is 3. The standard InChI is InChI=1S/C10H12N4OS/c11-10(16)8-2-1-6(4-12-8)14-7-3-9(15)13-5-7/h1-2,4,7,14H,3,5H2,(H2,11,16)(H,13,15). The molecule has 0 bridgehead atoms. The largest absolute Gasteiger partial charge is 0.388 e. The fourth-order valence-corrected chi connectivity index (χ4v) is 1.69. The minimum Gasteiger partial charge on any atom is -0.388 e. The number of anilines is 1. The lowest BCUT2D eigenvalue weighted by atomic mass is 10.2. The summed E-state index contributed by atoms with van der Waals surface area (Å²) >= 11 is 4.80. The fourth-order valence-electron chi connectivity index (χ4n) is 1.57. The highest BCUT2D eigenvalue weighted by atomic mass is 32.1. The van der Waals surface area contributed by atoms with Crippen molar-refractivity contribution in [3.05, 3.63) is 24.0 Å². The number of carbonyl (C=O) groups excluding carboxylic acids is 1. The molecule has 6 heteroatoms. The molecule has 16 heavy (non-hydrogen) atoms. The first-order valence-corrected chi connectivity index (χ1v) is 5.35. The summed E-state index contributed by atoms with van der Waals surface area (Å²) in [7, 11) is 0. The van der Waals surface area contributed by atoms with E-state index in [1.807, 2.05) is 6.07 Å². The Kier molecular flexibility index (Phi) is 3.00. The molecule has 0 spiro atoms. The molecule has 0 aliphatic carbocycles. The van der Waals surface area contributed by atoms with Crippen molar-refractivity contribution in [2.45, 2.75) is 12.5 Å². The number of nitrogens with two attached hydrogens (primary N) is 1. The van der Waals surface area contributed by atoms with E-state index in [1.54, 1.807) is 12.3 Å². The molecule has 1 atom stereocenters. The molecule has 2 heterocycles. The predicted octanol–water partition coefficient (Wildman–Crippen LogP) is 0.0162. The Morgan fingerprint density at radius 2 is 2.44 bits per heavy atom. The molecule has 84 valence electrons. The lowest BCUT2D eigenvalue weighted by molar-refractivity contribution is -0.119. The van der Waals surface area contributed by atoms with Gasteiger partial charge in [-0.15, -0.1) is 0 Å². The maximum Gasteiger partial charge on any atom is 0.222 e. The van der Waals surface area contributed by atoms with Crippen LogP contribution in [0.3, 0.4) is 0 Å². The quantitative estimate of drug-likeness (QED) is 0.645.